The van der Waals surface area contributed by atoms with E-state index in [2.05, 4.69) is 5.32 Å². The van der Waals surface area contributed by atoms with Gasteiger partial charge in [0.05, 0.1) is 17.6 Å². The first-order valence-corrected chi connectivity index (χ1v) is 9.32. The van der Waals surface area contributed by atoms with Crippen LogP contribution in [0.15, 0.2) is 36.4 Å². The Kier molecular flexibility index (Phi) is 6.40. The number of rotatable bonds is 6. The normalized spacial score (nSPS) is 17.5. The second-order valence-corrected chi connectivity index (χ2v) is 7.36. The summed E-state index contributed by atoms with van der Waals surface area (Å²) in [7, 11) is 3.25. The molecule has 0 bridgehead atoms. The van der Waals surface area contributed by atoms with Gasteiger partial charge in [-0.1, -0.05) is 6.07 Å². The van der Waals surface area contributed by atoms with Crippen LogP contribution >= 0.6 is 0 Å². The standard InChI is InChI=1S/C21H21F4N3O2/c1-27(2)18(20-14(23)4-3-5-15(20)24)10-26-21(30)12-8-19(29)28(11-12)17-7-6-13(22)9-16(17)25/h3-7,9,12,18H,8,10-11H2,1-2H3,(H,26,30). The molecule has 0 radical (unpaired) electrons. The van der Waals surface area contributed by atoms with Crippen LogP contribution in [0.1, 0.15) is 18.0 Å². The molecule has 0 saturated carbocycles. The Hall–Kier alpha value is -2.94. The molecule has 0 aromatic heterocycles. The van der Waals surface area contributed by atoms with E-state index in [-0.39, 0.29) is 30.8 Å². The maximum atomic E-state index is 14.1. The molecule has 2 atom stereocenters. The summed E-state index contributed by atoms with van der Waals surface area (Å²) in [5, 5.41) is 2.63. The molecule has 1 aliphatic heterocycles. The molecule has 5 nitrogen and oxygen atoms in total. The number of hydrogen-bond acceptors (Lipinski definition) is 3. The van der Waals surface area contributed by atoms with Crippen molar-refractivity contribution >= 4 is 17.5 Å². The highest BCUT2D eigenvalue weighted by atomic mass is 19.1. The van der Waals surface area contributed by atoms with Gasteiger partial charge in [0.25, 0.3) is 0 Å². The third-order valence-corrected chi connectivity index (χ3v) is 5.12. The SMILES string of the molecule is CN(C)C(CNC(=O)C1CC(=O)N(c2ccc(F)cc2F)C1)c1c(F)cccc1F. The van der Waals surface area contributed by atoms with Gasteiger partial charge in [0, 0.05) is 31.1 Å². The zero-order valence-corrected chi connectivity index (χ0v) is 16.5. The number of halogens is 4. The quantitative estimate of drug-likeness (QED) is 0.727. The molecule has 2 unspecified atom stereocenters. The van der Waals surface area contributed by atoms with Gasteiger partial charge in [-0.25, -0.2) is 17.6 Å². The summed E-state index contributed by atoms with van der Waals surface area (Å²) >= 11 is 0. The number of amides is 2. The first-order chi connectivity index (χ1) is 14.2. The molecule has 9 heteroatoms. The number of hydrogen-bond donors (Lipinski definition) is 1. The van der Waals surface area contributed by atoms with Crippen molar-refractivity contribution < 1.29 is 27.2 Å². The topological polar surface area (TPSA) is 52.7 Å². The number of nitrogens with one attached hydrogen (secondary N) is 1. The molecule has 1 aliphatic rings. The predicted molar refractivity (Wildman–Crippen MR) is 103 cm³/mol. The van der Waals surface area contributed by atoms with E-state index in [1.165, 1.54) is 6.07 Å². The average molecular weight is 423 g/mol. The molecule has 1 N–H and O–H groups in total. The van der Waals surface area contributed by atoms with Gasteiger partial charge in [0.2, 0.25) is 11.8 Å². The molecule has 0 aliphatic carbocycles. The van der Waals surface area contributed by atoms with Crippen LogP contribution in [0.4, 0.5) is 23.2 Å². The second kappa shape index (κ2) is 8.83. The maximum absolute atomic E-state index is 14.1. The fraction of sp³-hybridized carbons (Fsp3) is 0.333. The molecule has 1 heterocycles. The minimum absolute atomic E-state index is 0.0755. The van der Waals surface area contributed by atoms with Gasteiger partial charge in [-0.2, -0.15) is 0 Å². The van der Waals surface area contributed by atoms with Crippen molar-refractivity contribution in [2.45, 2.75) is 12.5 Å². The smallest absolute Gasteiger partial charge is 0.227 e. The lowest BCUT2D eigenvalue weighted by Crippen LogP contribution is -2.39. The van der Waals surface area contributed by atoms with E-state index in [1.54, 1.807) is 19.0 Å². The highest BCUT2D eigenvalue weighted by Gasteiger charge is 2.36. The number of likely N-dealkylation sites (N-methyl/N-ethyl adjacent to an activating group) is 1. The van der Waals surface area contributed by atoms with Crippen LogP contribution in [0.2, 0.25) is 0 Å². The van der Waals surface area contributed by atoms with E-state index in [1.807, 2.05) is 0 Å². The summed E-state index contributed by atoms with van der Waals surface area (Å²) in [5.41, 5.74) is -0.267. The fourth-order valence-electron chi connectivity index (χ4n) is 3.53. The molecule has 160 valence electrons. The van der Waals surface area contributed by atoms with Crippen molar-refractivity contribution in [3.05, 3.63) is 65.2 Å². The first-order valence-electron chi connectivity index (χ1n) is 9.32. The Morgan fingerprint density at radius 1 is 1.13 bits per heavy atom. The highest BCUT2D eigenvalue weighted by molar-refractivity contribution is 6.00. The third kappa shape index (κ3) is 4.46. The van der Waals surface area contributed by atoms with Gasteiger partial charge in [-0.05, 0) is 38.4 Å². The Bertz CT molecular complexity index is 947. The summed E-state index contributed by atoms with van der Waals surface area (Å²) in [6.07, 6.45) is -0.149. The highest BCUT2D eigenvalue weighted by Crippen LogP contribution is 2.28. The van der Waals surface area contributed by atoms with Crippen LogP contribution in [-0.2, 0) is 9.59 Å². The number of anilines is 1. The van der Waals surface area contributed by atoms with Crippen LogP contribution in [0, 0.1) is 29.2 Å². The van der Waals surface area contributed by atoms with Gasteiger partial charge in [-0.15, -0.1) is 0 Å². The van der Waals surface area contributed by atoms with Crippen molar-refractivity contribution in [1.29, 1.82) is 0 Å². The van der Waals surface area contributed by atoms with Crippen molar-refractivity contribution in [2.24, 2.45) is 5.92 Å². The Labute approximate surface area is 171 Å². The summed E-state index contributed by atoms with van der Waals surface area (Å²) in [5.74, 6) is -4.84. The summed E-state index contributed by atoms with van der Waals surface area (Å²) in [6.45, 7) is -0.160. The van der Waals surface area contributed by atoms with Crippen molar-refractivity contribution in [3.63, 3.8) is 0 Å². The fourth-order valence-corrected chi connectivity index (χ4v) is 3.53. The zero-order chi connectivity index (χ0) is 22.0. The van der Waals surface area contributed by atoms with Crippen LogP contribution < -0.4 is 10.2 Å². The van der Waals surface area contributed by atoms with Gasteiger partial charge < -0.3 is 15.1 Å². The lowest BCUT2D eigenvalue weighted by atomic mass is 10.0. The van der Waals surface area contributed by atoms with E-state index in [9.17, 15) is 27.2 Å². The molecule has 1 saturated heterocycles. The van der Waals surface area contributed by atoms with E-state index >= 15 is 0 Å². The predicted octanol–water partition coefficient (Wildman–Crippen LogP) is 3.02. The molecule has 2 amide bonds. The van der Waals surface area contributed by atoms with E-state index in [4.69, 9.17) is 0 Å². The molecule has 30 heavy (non-hydrogen) atoms. The van der Waals surface area contributed by atoms with E-state index in [0.717, 1.165) is 29.2 Å². The van der Waals surface area contributed by atoms with Crippen molar-refractivity contribution in [2.75, 3.05) is 32.1 Å². The molecular weight excluding hydrogens is 402 g/mol. The van der Waals surface area contributed by atoms with E-state index in [0.29, 0.717) is 6.07 Å². The number of carbonyl (C=O) groups is 2. The van der Waals surface area contributed by atoms with Crippen molar-refractivity contribution in [1.82, 2.24) is 10.2 Å². The lowest BCUT2D eigenvalue weighted by molar-refractivity contribution is -0.126. The molecule has 3 rings (SSSR count). The molecule has 0 spiro atoms. The monoisotopic (exact) mass is 423 g/mol. The Morgan fingerprint density at radius 2 is 1.80 bits per heavy atom. The molecular formula is C21H21F4N3O2. The van der Waals surface area contributed by atoms with E-state index < -0.39 is 47.0 Å². The molecule has 1 fully saturated rings. The minimum atomic E-state index is -0.896. The number of carbonyl (C=O) groups excluding carboxylic acids is 2. The third-order valence-electron chi connectivity index (χ3n) is 5.12. The first kappa shape index (κ1) is 21.8. The van der Waals surface area contributed by atoms with Crippen LogP contribution in [0.3, 0.4) is 0 Å². The van der Waals surface area contributed by atoms with Gasteiger partial charge in [0.15, 0.2) is 0 Å². The average Bonchev–Trinajstić information content (AvgIpc) is 3.05. The molecule has 2 aromatic rings. The van der Waals surface area contributed by atoms with Crippen molar-refractivity contribution in [3.8, 4) is 0 Å². The summed E-state index contributed by atoms with van der Waals surface area (Å²) < 4.78 is 55.4. The Morgan fingerprint density at radius 3 is 2.40 bits per heavy atom. The Balaban J connectivity index is 1.69. The largest absolute Gasteiger partial charge is 0.354 e. The molecule has 2 aromatic carbocycles. The van der Waals surface area contributed by atoms with Gasteiger partial charge in [-0.3, -0.25) is 9.59 Å². The summed E-state index contributed by atoms with van der Waals surface area (Å²) in [6, 6.07) is 5.62. The van der Waals surface area contributed by atoms with Crippen LogP contribution in [0.5, 0.6) is 0 Å². The minimum Gasteiger partial charge on any atom is -0.354 e. The van der Waals surface area contributed by atoms with Crippen LogP contribution in [0.25, 0.3) is 0 Å². The zero-order valence-electron chi connectivity index (χ0n) is 16.5. The lowest BCUT2D eigenvalue weighted by Gasteiger charge is -2.26. The summed E-state index contributed by atoms with van der Waals surface area (Å²) in [4.78, 5) is 27.5. The number of nitrogens with zero attached hydrogens (tertiary/aromatic N) is 2. The van der Waals surface area contributed by atoms with Crippen LogP contribution in [-0.4, -0.2) is 43.9 Å². The van der Waals surface area contributed by atoms with Gasteiger partial charge >= 0.3 is 0 Å². The number of benzene rings is 2. The van der Waals surface area contributed by atoms with Gasteiger partial charge in [0.1, 0.15) is 23.3 Å². The second-order valence-electron chi connectivity index (χ2n) is 7.36. The maximum Gasteiger partial charge on any atom is 0.227 e.